The maximum Gasteiger partial charge on any atom is 0.229 e. The largest absolute Gasteiger partial charge is 0.394 e. The third kappa shape index (κ3) is 3.42. The molecule has 24 heavy (non-hydrogen) atoms. The highest BCUT2D eigenvalue weighted by molar-refractivity contribution is 6.30. The molecule has 0 unspecified atom stereocenters. The summed E-state index contributed by atoms with van der Waals surface area (Å²) >= 11 is 5.68. The average molecular weight is 349 g/mol. The lowest BCUT2D eigenvalue weighted by molar-refractivity contribution is -0.124. The van der Waals surface area contributed by atoms with E-state index in [0.29, 0.717) is 12.0 Å². The smallest absolute Gasteiger partial charge is 0.229 e. The summed E-state index contributed by atoms with van der Waals surface area (Å²) < 4.78 is 13.6. The number of aromatic nitrogens is 1. The van der Waals surface area contributed by atoms with Crippen LogP contribution in [0.4, 0.5) is 4.39 Å². The van der Waals surface area contributed by atoms with Crippen molar-refractivity contribution in [1.82, 2.24) is 10.3 Å². The van der Waals surface area contributed by atoms with E-state index in [1.165, 1.54) is 12.1 Å². The Morgan fingerprint density at radius 2 is 2.29 bits per heavy atom. The molecule has 0 saturated heterocycles. The number of carbonyl (C=O) groups is 1. The average Bonchev–Trinajstić information content (AvgIpc) is 2.61. The molecule has 2 atom stereocenters. The van der Waals surface area contributed by atoms with Crippen LogP contribution in [-0.4, -0.2) is 22.6 Å². The molecule has 2 N–H and O–H groups in total. The summed E-state index contributed by atoms with van der Waals surface area (Å²) in [7, 11) is 0. The van der Waals surface area contributed by atoms with E-state index in [1.807, 2.05) is 12.1 Å². The zero-order chi connectivity index (χ0) is 17.1. The zero-order valence-electron chi connectivity index (χ0n) is 13.0. The highest BCUT2D eigenvalue weighted by Crippen LogP contribution is 2.30. The van der Waals surface area contributed by atoms with Gasteiger partial charge in [-0.25, -0.2) is 4.39 Å². The number of nitrogens with zero attached hydrogens (tertiary/aromatic N) is 1. The second kappa shape index (κ2) is 7.28. The molecule has 0 saturated carbocycles. The fourth-order valence-corrected chi connectivity index (χ4v) is 3.22. The minimum atomic E-state index is -0.682. The summed E-state index contributed by atoms with van der Waals surface area (Å²) in [6.45, 7) is -0.325. The molecule has 0 radical (unpaired) electrons. The number of carbonyl (C=O) groups excluding carboxylic acids is 1. The Kier molecular flexibility index (Phi) is 5.11. The van der Waals surface area contributed by atoms with Crippen molar-refractivity contribution in [3.63, 3.8) is 0 Å². The second-order valence-electron chi connectivity index (χ2n) is 5.91. The molecule has 0 bridgehead atoms. The van der Waals surface area contributed by atoms with E-state index >= 15 is 0 Å². The number of amides is 1. The van der Waals surface area contributed by atoms with Crippen LogP contribution in [0.2, 0.25) is 5.02 Å². The molecule has 1 aromatic heterocycles. The monoisotopic (exact) mass is 348 g/mol. The number of aryl methyl sites for hydroxylation is 1. The van der Waals surface area contributed by atoms with Gasteiger partial charge in [-0.15, -0.1) is 0 Å². The summed E-state index contributed by atoms with van der Waals surface area (Å²) in [5.74, 6) is -1.13. The number of fused-ring (bicyclic) bond motifs is 1. The van der Waals surface area contributed by atoms with Crippen LogP contribution in [-0.2, 0) is 11.2 Å². The number of nitrogens with one attached hydrogen (secondary N) is 1. The van der Waals surface area contributed by atoms with Crippen molar-refractivity contribution in [3.8, 4) is 0 Å². The number of aliphatic hydroxyl groups is 1. The van der Waals surface area contributed by atoms with Crippen LogP contribution in [0, 0.1) is 5.82 Å². The maximum atomic E-state index is 13.6. The lowest BCUT2D eigenvalue weighted by Crippen LogP contribution is -2.36. The highest BCUT2D eigenvalue weighted by Gasteiger charge is 2.29. The number of rotatable bonds is 4. The number of halogens is 2. The van der Waals surface area contributed by atoms with Gasteiger partial charge in [0.2, 0.25) is 5.91 Å². The van der Waals surface area contributed by atoms with Crippen molar-refractivity contribution >= 4 is 17.5 Å². The van der Waals surface area contributed by atoms with Gasteiger partial charge in [0.25, 0.3) is 0 Å². The van der Waals surface area contributed by atoms with E-state index in [2.05, 4.69) is 10.3 Å². The van der Waals surface area contributed by atoms with Crippen LogP contribution < -0.4 is 5.32 Å². The molecule has 0 spiro atoms. The topological polar surface area (TPSA) is 62.2 Å². The summed E-state index contributed by atoms with van der Waals surface area (Å²) in [4.78, 5) is 17.0. The lowest BCUT2D eigenvalue weighted by atomic mass is 9.86. The fourth-order valence-electron chi connectivity index (χ4n) is 3.10. The van der Waals surface area contributed by atoms with Crippen molar-refractivity contribution in [1.29, 1.82) is 0 Å². The molecule has 6 heteroatoms. The number of hydrogen-bond acceptors (Lipinski definition) is 3. The van der Waals surface area contributed by atoms with Gasteiger partial charge in [0.05, 0.1) is 29.3 Å². The molecule has 1 aromatic carbocycles. The number of aliphatic hydroxyl groups excluding tert-OH is 1. The fraction of sp³-hybridized carbons (Fsp3) is 0.333. The van der Waals surface area contributed by atoms with Crippen LogP contribution in [0.1, 0.15) is 41.6 Å². The van der Waals surface area contributed by atoms with Crippen molar-refractivity contribution < 1.29 is 14.3 Å². The van der Waals surface area contributed by atoms with Crippen LogP contribution in [0.5, 0.6) is 0 Å². The van der Waals surface area contributed by atoms with E-state index in [4.69, 9.17) is 11.6 Å². The van der Waals surface area contributed by atoms with E-state index < -0.39 is 11.9 Å². The van der Waals surface area contributed by atoms with Gasteiger partial charge in [0, 0.05) is 6.20 Å². The third-order valence-electron chi connectivity index (χ3n) is 4.36. The minimum absolute atomic E-state index is 0.00664. The Morgan fingerprint density at radius 3 is 3.04 bits per heavy atom. The normalized spacial score (nSPS) is 17.9. The molecule has 126 valence electrons. The third-order valence-corrected chi connectivity index (χ3v) is 4.66. The lowest BCUT2D eigenvalue weighted by Gasteiger charge is -2.26. The van der Waals surface area contributed by atoms with Crippen LogP contribution >= 0.6 is 11.6 Å². The van der Waals surface area contributed by atoms with Gasteiger partial charge in [-0.3, -0.25) is 9.78 Å². The Morgan fingerprint density at radius 1 is 1.46 bits per heavy atom. The Bertz CT molecular complexity index is 754. The van der Waals surface area contributed by atoms with Crippen molar-refractivity contribution in [2.45, 2.75) is 31.2 Å². The minimum Gasteiger partial charge on any atom is -0.394 e. The second-order valence-corrected chi connectivity index (χ2v) is 6.32. The summed E-state index contributed by atoms with van der Waals surface area (Å²) in [6, 6.07) is 7.42. The predicted octanol–water partition coefficient (Wildman–Crippen LogP) is 3.14. The highest BCUT2D eigenvalue weighted by atomic mass is 35.5. The SMILES string of the molecule is O=C(N[C@H](CO)c1ccc(Cl)c(F)c1)[C@@H]1CCCc2cccnc21. The van der Waals surface area contributed by atoms with Gasteiger partial charge in [-0.05, 0) is 48.6 Å². The number of pyridine rings is 1. The molecule has 4 nitrogen and oxygen atoms in total. The molecular weight excluding hydrogens is 331 g/mol. The predicted molar refractivity (Wildman–Crippen MR) is 89.3 cm³/mol. The number of hydrogen-bond donors (Lipinski definition) is 2. The van der Waals surface area contributed by atoms with Crippen LogP contribution in [0.15, 0.2) is 36.5 Å². The molecule has 1 aliphatic rings. The first kappa shape index (κ1) is 16.9. The molecule has 0 fully saturated rings. The molecule has 3 rings (SSSR count). The maximum absolute atomic E-state index is 13.6. The van der Waals surface area contributed by atoms with Crippen LogP contribution in [0.3, 0.4) is 0 Å². The van der Waals surface area contributed by atoms with Gasteiger partial charge < -0.3 is 10.4 Å². The van der Waals surface area contributed by atoms with Gasteiger partial charge >= 0.3 is 0 Å². The first-order chi connectivity index (χ1) is 11.6. The Labute approximate surface area is 144 Å². The molecular formula is C18H18ClFN2O2. The first-order valence-electron chi connectivity index (χ1n) is 7.90. The summed E-state index contributed by atoms with van der Waals surface area (Å²) in [5, 5.41) is 12.4. The van der Waals surface area contributed by atoms with Crippen molar-refractivity contribution in [2.75, 3.05) is 6.61 Å². The zero-order valence-corrected chi connectivity index (χ0v) is 13.8. The first-order valence-corrected chi connectivity index (χ1v) is 8.28. The summed E-state index contributed by atoms with van der Waals surface area (Å²) in [5.41, 5.74) is 2.35. The van der Waals surface area contributed by atoms with Crippen molar-refractivity contribution in [2.24, 2.45) is 0 Å². The molecule has 1 aliphatic carbocycles. The standard InChI is InChI=1S/C18H18ClFN2O2/c19-14-7-6-12(9-15(14)20)16(10-23)22-18(24)13-5-1-3-11-4-2-8-21-17(11)13/h2,4,6-9,13,16,23H,1,3,5,10H2,(H,22,24)/t13-,16-/m1/s1. The van der Waals surface area contributed by atoms with E-state index in [1.54, 1.807) is 12.3 Å². The molecule has 1 heterocycles. The molecule has 2 aromatic rings. The van der Waals surface area contributed by atoms with E-state index in [-0.39, 0.29) is 23.5 Å². The van der Waals surface area contributed by atoms with Gasteiger partial charge in [-0.2, -0.15) is 0 Å². The quantitative estimate of drug-likeness (QED) is 0.892. The molecule has 0 aliphatic heterocycles. The Hall–Kier alpha value is -1.98. The Balaban J connectivity index is 1.79. The van der Waals surface area contributed by atoms with E-state index in [0.717, 1.165) is 24.1 Å². The number of benzene rings is 1. The van der Waals surface area contributed by atoms with Gasteiger partial charge in [-0.1, -0.05) is 23.7 Å². The van der Waals surface area contributed by atoms with Gasteiger partial charge in [0.15, 0.2) is 0 Å². The molecule has 1 amide bonds. The van der Waals surface area contributed by atoms with E-state index in [9.17, 15) is 14.3 Å². The summed E-state index contributed by atoms with van der Waals surface area (Å²) in [6.07, 6.45) is 4.22. The van der Waals surface area contributed by atoms with Gasteiger partial charge in [0.1, 0.15) is 5.82 Å². The van der Waals surface area contributed by atoms with Crippen LogP contribution in [0.25, 0.3) is 0 Å². The van der Waals surface area contributed by atoms with Crippen molar-refractivity contribution in [3.05, 3.63) is 64.2 Å².